The first-order valence-corrected chi connectivity index (χ1v) is 8.14. The molecule has 0 saturated heterocycles. The van der Waals surface area contributed by atoms with Gasteiger partial charge in [-0.05, 0) is 41.5 Å². The number of hydrogen-bond acceptors (Lipinski definition) is 5. The molecule has 2 aromatic heterocycles. The van der Waals surface area contributed by atoms with Crippen LogP contribution in [0.25, 0.3) is 0 Å². The average Bonchev–Trinajstić information content (AvgIpc) is 2.97. The minimum atomic E-state index is -0.179. The van der Waals surface area contributed by atoms with Crippen LogP contribution in [0, 0.1) is 0 Å². The molecule has 3 N–H and O–H groups in total. The van der Waals surface area contributed by atoms with E-state index in [-0.39, 0.29) is 6.04 Å². The lowest BCUT2D eigenvalue weighted by molar-refractivity contribution is 0.366. The highest BCUT2D eigenvalue weighted by Gasteiger charge is 2.24. The number of hydrazine groups is 1. The summed E-state index contributed by atoms with van der Waals surface area (Å²) in [4.78, 5) is 3.19. The monoisotopic (exact) mass is 377 g/mol. The summed E-state index contributed by atoms with van der Waals surface area (Å²) in [6.07, 6.45) is 1.67. The van der Waals surface area contributed by atoms with Gasteiger partial charge in [-0.1, -0.05) is 11.6 Å². The second kappa shape index (κ2) is 7.02. The molecule has 1 atom stereocenters. The molecule has 0 fully saturated rings. The molecule has 0 bridgehead atoms. The molecule has 0 radical (unpaired) electrons. The van der Waals surface area contributed by atoms with E-state index in [2.05, 4.69) is 31.4 Å². The first-order chi connectivity index (χ1) is 9.54. The minimum Gasteiger partial charge on any atom is -0.308 e. The van der Waals surface area contributed by atoms with Gasteiger partial charge in [0.15, 0.2) is 0 Å². The fraction of sp³-hybridized carbons (Fsp3) is 0.417. The van der Waals surface area contributed by atoms with Crippen molar-refractivity contribution >= 4 is 38.9 Å². The van der Waals surface area contributed by atoms with Crippen LogP contribution in [-0.4, -0.2) is 35.3 Å². The highest BCUT2D eigenvalue weighted by Crippen LogP contribution is 2.35. The van der Waals surface area contributed by atoms with Crippen LogP contribution in [0.4, 0.5) is 0 Å². The summed E-state index contributed by atoms with van der Waals surface area (Å²) in [5.41, 5.74) is 3.73. The van der Waals surface area contributed by atoms with Gasteiger partial charge < -0.3 is 4.90 Å². The summed E-state index contributed by atoms with van der Waals surface area (Å²) < 4.78 is 2.92. The Bertz CT molecular complexity index is 568. The Morgan fingerprint density at radius 2 is 2.35 bits per heavy atom. The minimum absolute atomic E-state index is 0.179. The molecule has 2 aromatic rings. The third-order valence-electron chi connectivity index (χ3n) is 2.94. The van der Waals surface area contributed by atoms with Crippen LogP contribution in [0.1, 0.15) is 16.6 Å². The Balaban J connectivity index is 2.34. The smallest absolute Gasteiger partial charge is 0.0996 e. The molecule has 2 heterocycles. The van der Waals surface area contributed by atoms with E-state index < -0.39 is 0 Å². The Morgan fingerprint density at radius 1 is 1.60 bits per heavy atom. The van der Waals surface area contributed by atoms with Crippen molar-refractivity contribution in [2.75, 3.05) is 20.6 Å². The molecule has 0 aliphatic rings. The molecular weight excluding hydrogens is 362 g/mol. The van der Waals surface area contributed by atoms with Crippen molar-refractivity contribution in [2.45, 2.75) is 12.6 Å². The fourth-order valence-corrected chi connectivity index (χ4v) is 3.84. The molecule has 0 aliphatic heterocycles. The third kappa shape index (κ3) is 3.41. The maximum absolute atomic E-state index is 6.30. The van der Waals surface area contributed by atoms with Crippen LogP contribution < -0.4 is 11.3 Å². The highest BCUT2D eigenvalue weighted by molar-refractivity contribution is 9.10. The zero-order valence-electron chi connectivity index (χ0n) is 11.3. The number of hydrogen-bond donors (Lipinski definition) is 2. The molecule has 110 valence electrons. The topological polar surface area (TPSA) is 59.1 Å². The van der Waals surface area contributed by atoms with Gasteiger partial charge in [0, 0.05) is 15.9 Å². The van der Waals surface area contributed by atoms with Crippen molar-refractivity contribution in [1.29, 1.82) is 0 Å². The van der Waals surface area contributed by atoms with Crippen molar-refractivity contribution < 1.29 is 0 Å². The van der Waals surface area contributed by atoms with Crippen LogP contribution in [0.15, 0.2) is 22.1 Å². The van der Waals surface area contributed by atoms with E-state index in [0.29, 0.717) is 5.02 Å². The van der Waals surface area contributed by atoms with Gasteiger partial charge >= 0.3 is 0 Å². The quantitative estimate of drug-likeness (QED) is 0.599. The molecule has 0 amide bonds. The molecule has 1 unspecified atom stereocenters. The second-order valence-corrected chi connectivity index (χ2v) is 6.85. The van der Waals surface area contributed by atoms with Gasteiger partial charge in [0.2, 0.25) is 0 Å². The highest BCUT2D eigenvalue weighted by atomic mass is 79.9. The van der Waals surface area contributed by atoms with E-state index >= 15 is 0 Å². The molecule has 0 spiro atoms. The predicted molar refractivity (Wildman–Crippen MR) is 87.0 cm³/mol. The number of likely N-dealkylation sites (N-methyl/N-ethyl adjacent to an activating group) is 1. The van der Waals surface area contributed by atoms with Crippen LogP contribution in [0.2, 0.25) is 5.02 Å². The van der Waals surface area contributed by atoms with Gasteiger partial charge in [-0.2, -0.15) is 5.10 Å². The SMILES string of the molecule is CN(C)CCn1ncc(Cl)c1C(NN)c1sccc1Br. The Kier molecular flexibility index (Phi) is 5.59. The van der Waals surface area contributed by atoms with E-state index in [1.165, 1.54) is 0 Å². The van der Waals surface area contributed by atoms with E-state index in [4.69, 9.17) is 17.4 Å². The number of nitrogens with two attached hydrogens (primary N) is 1. The summed E-state index contributed by atoms with van der Waals surface area (Å²) in [6, 6.07) is 1.82. The van der Waals surface area contributed by atoms with Crippen LogP contribution >= 0.6 is 38.9 Å². The van der Waals surface area contributed by atoms with Crippen molar-refractivity contribution in [3.8, 4) is 0 Å². The summed E-state index contributed by atoms with van der Waals surface area (Å²) in [6.45, 7) is 1.64. The van der Waals surface area contributed by atoms with Gasteiger partial charge in [0.05, 0.1) is 29.5 Å². The van der Waals surface area contributed by atoms with Crippen LogP contribution in [-0.2, 0) is 6.54 Å². The number of thiophene rings is 1. The van der Waals surface area contributed by atoms with E-state index in [1.54, 1.807) is 17.5 Å². The summed E-state index contributed by atoms with van der Waals surface area (Å²) >= 11 is 11.5. The van der Waals surface area contributed by atoms with Gasteiger partial charge in [-0.15, -0.1) is 11.3 Å². The lowest BCUT2D eigenvalue weighted by Gasteiger charge is -2.19. The maximum atomic E-state index is 6.30. The van der Waals surface area contributed by atoms with Gasteiger partial charge in [0.1, 0.15) is 0 Å². The van der Waals surface area contributed by atoms with Gasteiger partial charge in [-0.3, -0.25) is 10.5 Å². The standard InChI is InChI=1S/C12H17BrClN5S/c1-18(2)4-5-19-11(9(14)7-16-19)10(17-15)12-8(13)3-6-20-12/h3,6-7,10,17H,4-5,15H2,1-2H3. The first kappa shape index (κ1) is 15.9. The maximum Gasteiger partial charge on any atom is 0.0996 e. The largest absolute Gasteiger partial charge is 0.308 e. The van der Waals surface area contributed by atoms with Crippen molar-refractivity contribution in [3.05, 3.63) is 37.7 Å². The zero-order valence-corrected chi connectivity index (χ0v) is 14.5. The number of nitrogens with one attached hydrogen (secondary N) is 1. The normalized spacial score (nSPS) is 13.1. The molecule has 0 aromatic carbocycles. The summed E-state index contributed by atoms with van der Waals surface area (Å²) in [5.74, 6) is 5.74. The molecule has 0 aliphatic carbocycles. The summed E-state index contributed by atoms with van der Waals surface area (Å²) in [7, 11) is 4.05. The molecule has 5 nitrogen and oxygen atoms in total. The van der Waals surface area contributed by atoms with Crippen molar-refractivity contribution in [2.24, 2.45) is 5.84 Å². The predicted octanol–water partition coefficient (Wildman–Crippen LogP) is 2.47. The second-order valence-electron chi connectivity index (χ2n) is 4.64. The first-order valence-electron chi connectivity index (χ1n) is 6.09. The average molecular weight is 379 g/mol. The van der Waals surface area contributed by atoms with E-state index in [1.807, 2.05) is 30.2 Å². The Labute approximate surface area is 135 Å². The lowest BCUT2D eigenvalue weighted by atomic mass is 10.2. The van der Waals surface area contributed by atoms with Crippen LogP contribution in [0.3, 0.4) is 0 Å². The molecule has 2 rings (SSSR count). The number of rotatable bonds is 6. The Morgan fingerprint density at radius 3 is 2.90 bits per heavy atom. The number of aromatic nitrogens is 2. The third-order valence-corrected chi connectivity index (χ3v) is 5.17. The van der Waals surface area contributed by atoms with Crippen molar-refractivity contribution in [3.63, 3.8) is 0 Å². The molecule has 8 heteroatoms. The van der Waals surface area contributed by atoms with Crippen LogP contribution in [0.5, 0.6) is 0 Å². The van der Waals surface area contributed by atoms with Gasteiger partial charge in [0.25, 0.3) is 0 Å². The number of nitrogens with zero attached hydrogens (tertiary/aromatic N) is 3. The number of halogens is 2. The van der Waals surface area contributed by atoms with E-state index in [9.17, 15) is 0 Å². The molecule has 20 heavy (non-hydrogen) atoms. The summed E-state index contributed by atoms with van der Waals surface area (Å²) in [5, 5.41) is 6.98. The van der Waals surface area contributed by atoms with E-state index in [0.717, 1.165) is 28.1 Å². The molecule has 0 saturated carbocycles. The Hall–Kier alpha value is -0.440. The fourth-order valence-electron chi connectivity index (χ4n) is 1.92. The van der Waals surface area contributed by atoms with Gasteiger partial charge in [-0.25, -0.2) is 5.43 Å². The lowest BCUT2D eigenvalue weighted by Crippen LogP contribution is -2.31. The zero-order chi connectivity index (χ0) is 14.7. The molecular formula is C12H17BrClN5S. The van der Waals surface area contributed by atoms with Crippen molar-refractivity contribution in [1.82, 2.24) is 20.1 Å².